The third kappa shape index (κ3) is 2.01. The summed E-state index contributed by atoms with van der Waals surface area (Å²) < 4.78 is 0. The van der Waals surface area contributed by atoms with Crippen LogP contribution in [0.1, 0.15) is 24.4 Å². The van der Waals surface area contributed by atoms with Gasteiger partial charge in [-0.15, -0.1) is 0 Å². The Kier molecular flexibility index (Phi) is 3.36. The van der Waals surface area contributed by atoms with Crippen LogP contribution in [0, 0.1) is 0 Å². The van der Waals surface area contributed by atoms with Gasteiger partial charge in [-0.3, -0.25) is 0 Å². The van der Waals surface area contributed by atoms with Crippen LogP contribution in [0.4, 0.5) is 0 Å². The summed E-state index contributed by atoms with van der Waals surface area (Å²) in [6, 6.07) is 10.8. The van der Waals surface area contributed by atoms with Gasteiger partial charge in [0.1, 0.15) is 6.29 Å². The molecule has 0 bridgehead atoms. The van der Waals surface area contributed by atoms with E-state index in [-0.39, 0.29) is 6.04 Å². The molecule has 2 atom stereocenters. The van der Waals surface area contributed by atoms with Gasteiger partial charge in [0.2, 0.25) is 0 Å². The Balaban J connectivity index is 2.25. The molecule has 16 heavy (non-hydrogen) atoms. The van der Waals surface area contributed by atoms with Crippen molar-refractivity contribution in [1.82, 2.24) is 10.0 Å². The van der Waals surface area contributed by atoms with E-state index in [1.54, 1.807) is 0 Å². The zero-order valence-electron chi connectivity index (χ0n) is 9.84. The maximum atomic E-state index is 11.0. The van der Waals surface area contributed by atoms with E-state index < -0.39 is 0 Å². The standard InChI is InChI=1S/C13H18N2O/c1-14(2)15-12(10-16)8-9-13(15)11-6-4-3-5-7-11/h3-7,10,12-13H,8-9H2,1-2H3. The molecule has 0 spiro atoms. The summed E-state index contributed by atoms with van der Waals surface area (Å²) in [5, 5.41) is 4.20. The van der Waals surface area contributed by atoms with Crippen molar-refractivity contribution in [3.8, 4) is 0 Å². The van der Waals surface area contributed by atoms with E-state index in [1.165, 1.54) is 5.56 Å². The minimum atomic E-state index is 0.0280. The van der Waals surface area contributed by atoms with Gasteiger partial charge in [0.15, 0.2) is 0 Å². The molecule has 0 N–H and O–H groups in total. The van der Waals surface area contributed by atoms with Crippen molar-refractivity contribution in [3.63, 3.8) is 0 Å². The number of hydrogen-bond acceptors (Lipinski definition) is 3. The van der Waals surface area contributed by atoms with Gasteiger partial charge < -0.3 is 4.79 Å². The van der Waals surface area contributed by atoms with Gasteiger partial charge in [-0.25, -0.2) is 10.0 Å². The van der Waals surface area contributed by atoms with Gasteiger partial charge in [0.05, 0.1) is 12.1 Å². The minimum absolute atomic E-state index is 0.0280. The van der Waals surface area contributed by atoms with Crippen molar-refractivity contribution >= 4 is 6.29 Å². The fourth-order valence-electron chi connectivity index (χ4n) is 2.52. The molecular weight excluding hydrogens is 200 g/mol. The van der Waals surface area contributed by atoms with Gasteiger partial charge >= 0.3 is 0 Å². The Bertz CT molecular complexity index is 350. The molecule has 1 aliphatic heterocycles. The quantitative estimate of drug-likeness (QED) is 0.724. The largest absolute Gasteiger partial charge is 0.302 e. The minimum Gasteiger partial charge on any atom is -0.302 e. The third-order valence-corrected chi connectivity index (χ3v) is 3.20. The van der Waals surface area contributed by atoms with Crippen LogP contribution in [0.15, 0.2) is 30.3 Å². The van der Waals surface area contributed by atoms with Crippen LogP contribution < -0.4 is 0 Å². The average Bonchev–Trinajstić information content (AvgIpc) is 2.73. The summed E-state index contributed by atoms with van der Waals surface area (Å²) in [7, 11) is 4.00. The molecule has 1 aromatic rings. The second kappa shape index (κ2) is 4.76. The molecule has 86 valence electrons. The SMILES string of the molecule is CN(C)N1C(C=O)CCC1c1ccccc1. The highest BCUT2D eigenvalue weighted by atomic mass is 16.1. The lowest BCUT2D eigenvalue weighted by atomic mass is 10.1. The molecule has 1 aromatic carbocycles. The first kappa shape index (κ1) is 11.3. The van der Waals surface area contributed by atoms with E-state index >= 15 is 0 Å². The summed E-state index contributed by atoms with van der Waals surface area (Å²) in [5.74, 6) is 0. The van der Waals surface area contributed by atoms with Crippen LogP contribution in [-0.2, 0) is 4.79 Å². The van der Waals surface area contributed by atoms with E-state index in [0.29, 0.717) is 6.04 Å². The van der Waals surface area contributed by atoms with Gasteiger partial charge in [-0.05, 0) is 18.4 Å². The lowest BCUT2D eigenvalue weighted by Gasteiger charge is -2.33. The van der Waals surface area contributed by atoms with Crippen LogP contribution in [0.25, 0.3) is 0 Å². The summed E-state index contributed by atoms with van der Waals surface area (Å²) >= 11 is 0. The molecule has 1 fully saturated rings. The lowest BCUT2D eigenvalue weighted by Crippen LogP contribution is -2.42. The maximum Gasteiger partial charge on any atom is 0.138 e. The number of hydrogen-bond donors (Lipinski definition) is 0. The predicted molar refractivity (Wildman–Crippen MR) is 63.8 cm³/mol. The number of benzene rings is 1. The molecule has 1 heterocycles. The van der Waals surface area contributed by atoms with Gasteiger partial charge in [-0.1, -0.05) is 30.3 Å². The van der Waals surface area contributed by atoms with Crippen molar-refractivity contribution in [2.45, 2.75) is 24.9 Å². The Labute approximate surface area is 96.6 Å². The van der Waals surface area contributed by atoms with Crippen LogP contribution in [0.3, 0.4) is 0 Å². The Hall–Kier alpha value is -1.19. The second-order valence-electron chi connectivity index (χ2n) is 4.43. The van der Waals surface area contributed by atoms with Crippen LogP contribution in [0.5, 0.6) is 0 Å². The first-order valence-corrected chi connectivity index (χ1v) is 5.70. The second-order valence-corrected chi connectivity index (χ2v) is 4.43. The fourth-order valence-corrected chi connectivity index (χ4v) is 2.52. The highest BCUT2D eigenvalue weighted by molar-refractivity contribution is 5.58. The summed E-state index contributed by atoms with van der Waals surface area (Å²) in [6.45, 7) is 0. The van der Waals surface area contributed by atoms with Crippen molar-refractivity contribution in [3.05, 3.63) is 35.9 Å². The zero-order chi connectivity index (χ0) is 11.5. The normalized spacial score (nSPS) is 26.2. The van der Waals surface area contributed by atoms with Crippen molar-refractivity contribution in [2.75, 3.05) is 14.1 Å². The Morgan fingerprint density at radius 2 is 1.94 bits per heavy atom. The number of carbonyl (C=O) groups excluding carboxylic acids is 1. The number of nitrogens with zero attached hydrogens (tertiary/aromatic N) is 2. The number of hydrazine groups is 1. The zero-order valence-corrected chi connectivity index (χ0v) is 9.84. The third-order valence-electron chi connectivity index (χ3n) is 3.20. The number of rotatable bonds is 3. The predicted octanol–water partition coefficient (Wildman–Crippen LogP) is 1.87. The average molecular weight is 218 g/mol. The molecule has 0 radical (unpaired) electrons. The van der Waals surface area contributed by atoms with E-state index in [4.69, 9.17) is 0 Å². The molecule has 0 amide bonds. The van der Waals surface area contributed by atoms with Gasteiger partial charge in [-0.2, -0.15) is 0 Å². The highest BCUT2D eigenvalue weighted by Gasteiger charge is 2.35. The van der Waals surface area contributed by atoms with Crippen LogP contribution >= 0.6 is 0 Å². The van der Waals surface area contributed by atoms with E-state index in [1.807, 2.05) is 25.2 Å². The summed E-state index contributed by atoms with van der Waals surface area (Å²) in [6.07, 6.45) is 3.05. The number of aldehydes is 1. The van der Waals surface area contributed by atoms with Crippen LogP contribution in [0.2, 0.25) is 0 Å². The molecule has 1 saturated heterocycles. The first-order chi connectivity index (χ1) is 7.74. The lowest BCUT2D eigenvalue weighted by molar-refractivity contribution is -0.118. The maximum absolute atomic E-state index is 11.0. The molecule has 3 heteroatoms. The van der Waals surface area contributed by atoms with E-state index in [9.17, 15) is 4.79 Å². The molecule has 2 rings (SSSR count). The van der Waals surface area contributed by atoms with Gasteiger partial charge in [0, 0.05) is 14.1 Å². The van der Waals surface area contributed by atoms with Crippen molar-refractivity contribution < 1.29 is 4.79 Å². The first-order valence-electron chi connectivity index (χ1n) is 5.70. The Morgan fingerprint density at radius 1 is 1.25 bits per heavy atom. The van der Waals surface area contributed by atoms with Crippen molar-refractivity contribution in [1.29, 1.82) is 0 Å². The van der Waals surface area contributed by atoms with E-state index in [0.717, 1.165) is 19.1 Å². The molecule has 2 unspecified atom stereocenters. The molecule has 0 saturated carbocycles. The highest BCUT2D eigenvalue weighted by Crippen LogP contribution is 2.35. The summed E-state index contributed by atoms with van der Waals surface area (Å²) in [4.78, 5) is 11.0. The molecule has 0 aliphatic carbocycles. The molecule has 0 aromatic heterocycles. The topological polar surface area (TPSA) is 23.6 Å². The van der Waals surface area contributed by atoms with E-state index in [2.05, 4.69) is 29.3 Å². The fraction of sp³-hybridized carbons (Fsp3) is 0.462. The Morgan fingerprint density at radius 3 is 2.50 bits per heavy atom. The molecular formula is C13H18N2O. The number of carbonyl (C=O) groups is 1. The summed E-state index contributed by atoms with van der Waals surface area (Å²) in [5.41, 5.74) is 1.29. The molecule has 3 nitrogen and oxygen atoms in total. The smallest absolute Gasteiger partial charge is 0.138 e. The van der Waals surface area contributed by atoms with Crippen molar-refractivity contribution in [2.24, 2.45) is 0 Å². The van der Waals surface area contributed by atoms with Crippen LogP contribution in [-0.4, -0.2) is 36.4 Å². The monoisotopic (exact) mass is 218 g/mol. The van der Waals surface area contributed by atoms with Gasteiger partial charge in [0.25, 0.3) is 0 Å². The molecule has 1 aliphatic rings.